The molecule has 0 aliphatic rings. The maximum absolute atomic E-state index is 11.0. The van der Waals surface area contributed by atoms with Gasteiger partial charge in [-0.1, -0.05) is 29.8 Å². The van der Waals surface area contributed by atoms with Crippen molar-refractivity contribution in [3.63, 3.8) is 0 Å². The second-order valence-corrected chi connectivity index (χ2v) is 8.77. The molecule has 22 heavy (non-hydrogen) atoms. The van der Waals surface area contributed by atoms with Gasteiger partial charge in [0, 0.05) is 22.6 Å². The molecule has 0 N–H and O–H groups in total. The molecule has 1 atom stereocenters. The van der Waals surface area contributed by atoms with Crippen molar-refractivity contribution in [1.29, 1.82) is 0 Å². The van der Waals surface area contributed by atoms with Crippen molar-refractivity contribution >= 4 is 28.3 Å². The molecule has 0 radical (unpaired) electrons. The Morgan fingerprint density at radius 2 is 1.86 bits per heavy atom. The van der Waals surface area contributed by atoms with Crippen LogP contribution in [0.15, 0.2) is 53.4 Å². The van der Waals surface area contributed by atoms with E-state index >= 15 is 0 Å². The summed E-state index contributed by atoms with van der Waals surface area (Å²) in [6, 6.07) is 15.5. The number of rotatable bonds is 6. The topological polar surface area (TPSA) is 43.1 Å². The predicted molar refractivity (Wildman–Crippen MR) is 97.0 cm³/mol. The molecule has 1 unspecified atom stereocenters. The third-order valence-electron chi connectivity index (χ3n) is 3.44. The fraction of sp³-hybridized carbons (Fsp3) is 0.294. The third kappa shape index (κ3) is 4.52. The van der Waals surface area contributed by atoms with E-state index in [-0.39, 0.29) is 21.5 Å². The lowest BCUT2D eigenvalue weighted by molar-refractivity contribution is -0.384. The summed E-state index contributed by atoms with van der Waals surface area (Å²) in [5.74, 6) is 0.931. The maximum Gasteiger partial charge on any atom is 0.269 e. The molecule has 0 aliphatic carbocycles. The summed E-state index contributed by atoms with van der Waals surface area (Å²) in [6.07, 6.45) is 4.39. The lowest BCUT2D eigenvalue weighted by Crippen LogP contribution is -2.13. The molecule has 0 saturated heterocycles. The number of benzene rings is 2. The Labute approximate surface area is 138 Å². The van der Waals surface area contributed by atoms with Crippen molar-refractivity contribution < 1.29 is 4.92 Å². The highest BCUT2D eigenvalue weighted by Crippen LogP contribution is 2.31. The van der Waals surface area contributed by atoms with Crippen LogP contribution in [-0.2, 0) is 10.9 Å². The molecule has 0 heterocycles. The van der Waals surface area contributed by atoms with Gasteiger partial charge in [0.15, 0.2) is 5.25 Å². The van der Waals surface area contributed by atoms with Gasteiger partial charge >= 0.3 is 0 Å². The SMILES string of the molecule is Cc1ccc(SCC(c2cccc([N+](=O)[O-])c2)[S+](C)C)cc1. The molecule has 0 bridgehead atoms. The van der Waals surface area contributed by atoms with Crippen molar-refractivity contribution in [2.24, 2.45) is 0 Å². The molecular weight excluding hydrogens is 314 g/mol. The lowest BCUT2D eigenvalue weighted by Gasteiger charge is -2.14. The number of non-ortho nitro benzene ring substituents is 1. The van der Waals surface area contributed by atoms with Crippen molar-refractivity contribution in [3.05, 3.63) is 69.8 Å². The third-order valence-corrected chi connectivity index (χ3v) is 6.34. The van der Waals surface area contributed by atoms with Gasteiger partial charge in [-0.15, -0.1) is 11.8 Å². The molecule has 5 heteroatoms. The van der Waals surface area contributed by atoms with Crippen molar-refractivity contribution in [2.75, 3.05) is 18.3 Å². The van der Waals surface area contributed by atoms with Crippen LogP contribution in [0, 0.1) is 17.0 Å². The lowest BCUT2D eigenvalue weighted by atomic mass is 10.1. The summed E-state index contributed by atoms with van der Waals surface area (Å²) in [5.41, 5.74) is 2.49. The molecule has 2 aromatic carbocycles. The fourth-order valence-corrected chi connectivity index (χ4v) is 5.00. The van der Waals surface area contributed by atoms with E-state index in [2.05, 4.69) is 43.7 Å². The monoisotopic (exact) mass is 334 g/mol. The van der Waals surface area contributed by atoms with Crippen molar-refractivity contribution in [1.82, 2.24) is 0 Å². The minimum Gasteiger partial charge on any atom is -0.258 e. The first kappa shape index (κ1) is 16.9. The van der Waals surface area contributed by atoms with E-state index in [4.69, 9.17) is 0 Å². The van der Waals surface area contributed by atoms with Gasteiger partial charge in [-0.25, -0.2) is 0 Å². The molecule has 0 aliphatic heterocycles. The van der Waals surface area contributed by atoms with Crippen molar-refractivity contribution in [2.45, 2.75) is 17.1 Å². The summed E-state index contributed by atoms with van der Waals surface area (Å²) in [6.45, 7) is 2.08. The van der Waals surface area contributed by atoms with Crippen LogP contribution in [0.1, 0.15) is 16.4 Å². The average molecular weight is 334 g/mol. The normalized spacial score (nSPS) is 12.4. The van der Waals surface area contributed by atoms with Crippen LogP contribution in [-0.4, -0.2) is 23.2 Å². The Balaban J connectivity index is 2.14. The van der Waals surface area contributed by atoms with Gasteiger partial charge in [0.25, 0.3) is 5.69 Å². The van der Waals surface area contributed by atoms with Crippen LogP contribution in [0.3, 0.4) is 0 Å². The zero-order valence-corrected chi connectivity index (χ0v) is 14.6. The predicted octanol–water partition coefficient (Wildman–Crippen LogP) is 4.61. The number of nitro groups is 1. The molecule has 2 rings (SSSR count). The maximum atomic E-state index is 11.0. The van der Waals surface area contributed by atoms with Crippen LogP contribution in [0.4, 0.5) is 5.69 Å². The van der Waals surface area contributed by atoms with Gasteiger partial charge in [0.2, 0.25) is 0 Å². The van der Waals surface area contributed by atoms with Gasteiger partial charge in [-0.3, -0.25) is 10.1 Å². The zero-order valence-electron chi connectivity index (χ0n) is 13.0. The van der Waals surface area contributed by atoms with Crippen LogP contribution in [0.2, 0.25) is 0 Å². The molecule has 0 spiro atoms. The average Bonchev–Trinajstić information content (AvgIpc) is 2.49. The van der Waals surface area contributed by atoms with Crippen LogP contribution in [0.5, 0.6) is 0 Å². The Bertz CT molecular complexity index is 641. The van der Waals surface area contributed by atoms with Crippen molar-refractivity contribution in [3.8, 4) is 0 Å². The molecule has 0 saturated carbocycles. The van der Waals surface area contributed by atoms with Gasteiger partial charge < -0.3 is 0 Å². The van der Waals surface area contributed by atoms with Crippen LogP contribution < -0.4 is 0 Å². The quantitative estimate of drug-likeness (QED) is 0.335. The molecule has 116 valence electrons. The fourth-order valence-electron chi connectivity index (χ4n) is 2.15. The van der Waals surface area contributed by atoms with Gasteiger partial charge in [-0.2, -0.15) is 0 Å². The van der Waals surface area contributed by atoms with E-state index in [1.165, 1.54) is 10.5 Å². The summed E-state index contributed by atoms with van der Waals surface area (Å²) < 4.78 is 0. The van der Waals surface area contributed by atoms with Crippen LogP contribution in [0.25, 0.3) is 0 Å². The Morgan fingerprint density at radius 1 is 1.18 bits per heavy atom. The van der Waals surface area contributed by atoms with Crippen LogP contribution >= 0.6 is 11.8 Å². The largest absolute Gasteiger partial charge is 0.269 e. The number of hydrogen-bond donors (Lipinski definition) is 0. The zero-order chi connectivity index (χ0) is 16.1. The summed E-state index contributed by atoms with van der Waals surface area (Å²) >= 11 is 1.81. The smallest absolute Gasteiger partial charge is 0.258 e. The second-order valence-electron chi connectivity index (χ2n) is 5.34. The first-order valence-corrected chi connectivity index (χ1v) is 10.1. The van der Waals surface area contributed by atoms with E-state index in [0.29, 0.717) is 5.25 Å². The number of thioether (sulfide) groups is 1. The summed E-state index contributed by atoms with van der Waals surface area (Å²) in [7, 11) is 0.153. The molecule has 0 amide bonds. The van der Waals surface area contributed by atoms with E-state index in [1.807, 2.05) is 17.8 Å². The first-order valence-electron chi connectivity index (χ1n) is 6.97. The second kappa shape index (κ2) is 7.70. The highest BCUT2D eigenvalue weighted by atomic mass is 32.2. The minimum atomic E-state index is -0.322. The number of aryl methyl sites for hydroxylation is 1. The molecule has 0 aromatic heterocycles. The standard InChI is InChI=1S/C17H20NO2S2/c1-13-7-9-16(10-8-13)21-12-17(22(2)3)14-5-4-6-15(11-14)18(19)20/h4-11,17H,12H2,1-3H3/q+1. The Kier molecular flexibility index (Phi) is 5.91. The van der Waals surface area contributed by atoms with Gasteiger partial charge in [0.05, 0.1) is 23.2 Å². The molecule has 3 nitrogen and oxygen atoms in total. The number of nitrogens with zero attached hydrogens (tertiary/aromatic N) is 1. The van der Waals surface area contributed by atoms with E-state index in [9.17, 15) is 10.1 Å². The molecule has 0 fully saturated rings. The summed E-state index contributed by atoms with van der Waals surface area (Å²) in [5, 5.41) is 11.3. The van der Waals surface area contributed by atoms with E-state index in [1.54, 1.807) is 18.2 Å². The minimum absolute atomic E-state index is 0.153. The summed E-state index contributed by atoms with van der Waals surface area (Å²) in [4.78, 5) is 11.9. The molecule has 2 aromatic rings. The van der Waals surface area contributed by atoms with E-state index in [0.717, 1.165) is 11.3 Å². The number of hydrogen-bond acceptors (Lipinski definition) is 3. The highest BCUT2D eigenvalue weighted by Gasteiger charge is 2.25. The van der Waals surface area contributed by atoms with Gasteiger partial charge in [0.1, 0.15) is 0 Å². The molecular formula is C17H20NO2S2+. The first-order chi connectivity index (χ1) is 10.5. The van der Waals surface area contributed by atoms with Gasteiger partial charge in [-0.05, 0) is 30.0 Å². The number of nitro benzene ring substituents is 1. The highest BCUT2D eigenvalue weighted by molar-refractivity contribution is 8.01. The Morgan fingerprint density at radius 3 is 2.45 bits per heavy atom. The van der Waals surface area contributed by atoms with E-state index < -0.39 is 0 Å². The Hall–Kier alpha value is -1.46.